The van der Waals surface area contributed by atoms with Gasteiger partial charge in [0.1, 0.15) is 0 Å². The summed E-state index contributed by atoms with van der Waals surface area (Å²) in [5, 5.41) is 3.51. The Morgan fingerprint density at radius 2 is 2.31 bits per heavy atom. The second-order valence-electron chi connectivity index (χ2n) is 4.79. The lowest BCUT2D eigenvalue weighted by atomic mass is 9.77. The summed E-state index contributed by atoms with van der Waals surface area (Å²) in [6.45, 7) is 4.27. The Labute approximate surface area is 95.3 Å². The predicted octanol–water partition coefficient (Wildman–Crippen LogP) is 0.661. The Morgan fingerprint density at radius 1 is 1.38 bits per heavy atom. The second-order valence-corrected chi connectivity index (χ2v) is 4.79. The molecule has 2 N–H and O–H groups in total. The third kappa shape index (κ3) is 1.77. The van der Waals surface area contributed by atoms with Crippen molar-refractivity contribution in [2.24, 2.45) is 0 Å². The van der Waals surface area contributed by atoms with Crippen LogP contribution in [0, 0.1) is 0 Å². The van der Waals surface area contributed by atoms with Gasteiger partial charge in [0.25, 0.3) is 0 Å². The lowest BCUT2D eigenvalue weighted by Gasteiger charge is -2.43. The fraction of sp³-hybridized carbons (Fsp3) is 0.667. The molecule has 2 aliphatic rings. The molecule has 16 heavy (non-hydrogen) atoms. The van der Waals surface area contributed by atoms with E-state index in [2.05, 4.69) is 22.4 Å². The number of aromatic amines is 1. The van der Waals surface area contributed by atoms with Gasteiger partial charge in [0, 0.05) is 24.5 Å². The molecule has 1 unspecified atom stereocenters. The Morgan fingerprint density at radius 3 is 2.88 bits per heavy atom. The molecule has 0 aromatic carbocycles. The molecule has 3 heterocycles. The highest BCUT2D eigenvalue weighted by Crippen LogP contribution is 2.36. The lowest BCUT2D eigenvalue weighted by molar-refractivity contribution is -0.0771. The normalized spacial score (nSPS) is 28.6. The number of hydrogen-bond acceptors (Lipinski definition) is 3. The largest absolute Gasteiger partial charge is 0.379 e. The van der Waals surface area contributed by atoms with Crippen molar-refractivity contribution < 1.29 is 9.47 Å². The van der Waals surface area contributed by atoms with Gasteiger partial charge in [-0.2, -0.15) is 0 Å². The number of morpholine rings is 1. The summed E-state index contributed by atoms with van der Waals surface area (Å²) in [5.74, 6) is 0. The third-order valence-corrected chi connectivity index (χ3v) is 3.56. The molecule has 0 spiro atoms. The van der Waals surface area contributed by atoms with E-state index < -0.39 is 0 Å². The van der Waals surface area contributed by atoms with Crippen molar-refractivity contribution in [1.82, 2.24) is 10.3 Å². The molecule has 0 saturated carbocycles. The van der Waals surface area contributed by atoms with Crippen LogP contribution < -0.4 is 5.32 Å². The van der Waals surface area contributed by atoms with Crippen LogP contribution in [0.15, 0.2) is 18.3 Å². The smallest absolute Gasteiger partial charge is 0.0620 e. The number of nitrogens with one attached hydrogen (secondary N) is 2. The summed E-state index contributed by atoms with van der Waals surface area (Å²) in [7, 11) is 0. The minimum atomic E-state index is 0.182. The summed E-state index contributed by atoms with van der Waals surface area (Å²) in [5.41, 5.74) is 1.48. The molecule has 3 rings (SSSR count). The first-order valence-corrected chi connectivity index (χ1v) is 5.92. The van der Waals surface area contributed by atoms with Crippen molar-refractivity contribution in [3.05, 3.63) is 24.0 Å². The van der Waals surface area contributed by atoms with Gasteiger partial charge in [-0.05, 0) is 18.6 Å². The van der Waals surface area contributed by atoms with Crippen LogP contribution in [0.3, 0.4) is 0 Å². The quantitative estimate of drug-likeness (QED) is 0.790. The minimum absolute atomic E-state index is 0.182. The van der Waals surface area contributed by atoms with E-state index in [9.17, 15) is 0 Å². The van der Waals surface area contributed by atoms with Gasteiger partial charge in [0.2, 0.25) is 0 Å². The van der Waals surface area contributed by atoms with Crippen LogP contribution in [-0.4, -0.2) is 44.0 Å². The maximum absolute atomic E-state index is 5.50. The maximum Gasteiger partial charge on any atom is 0.0620 e. The molecule has 1 aromatic rings. The molecular formula is C12H18N2O2. The zero-order valence-corrected chi connectivity index (χ0v) is 9.37. The third-order valence-electron chi connectivity index (χ3n) is 3.56. The van der Waals surface area contributed by atoms with Gasteiger partial charge < -0.3 is 19.8 Å². The Kier molecular flexibility index (Phi) is 2.71. The molecule has 0 amide bonds. The second kappa shape index (κ2) is 4.20. The highest BCUT2D eigenvalue weighted by molar-refractivity contribution is 5.21. The Balaban J connectivity index is 1.70. The van der Waals surface area contributed by atoms with E-state index in [1.807, 2.05) is 6.20 Å². The number of hydrogen-bond donors (Lipinski definition) is 2. The SMILES string of the molecule is c1c[nH]c(C2(CC3COCCN3)COC2)c1. The van der Waals surface area contributed by atoms with Crippen molar-refractivity contribution >= 4 is 0 Å². The molecule has 2 fully saturated rings. The fourth-order valence-electron chi connectivity index (χ4n) is 2.61. The lowest BCUT2D eigenvalue weighted by Crippen LogP contribution is -2.53. The summed E-state index contributed by atoms with van der Waals surface area (Å²) in [6.07, 6.45) is 3.08. The van der Waals surface area contributed by atoms with Gasteiger partial charge in [-0.3, -0.25) is 0 Å². The van der Waals surface area contributed by atoms with Crippen LogP contribution in [0.1, 0.15) is 12.1 Å². The van der Waals surface area contributed by atoms with Gasteiger partial charge in [-0.1, -0.05) is 0 Å². The molecule has 2 saturated heterocycles. The molecule has 2 aliphatic heterocycles. The zero-order chi connectivity index (χ0) is 10.8. The Hall–Kier alpha value is -0.840. The highest BCUT2D eigenvalue weighted by Gasteiger charge is 2.43. The van der Waals surface area contributed by atoms with Crippen molar-refractivity contribution in [2.45, 2.75) is 17.9 Å². The maximum atomic E-state index is 5.50. The van der Waals surface area contributed by atoms with E-state index in [-0.39, 0.29) is 5.41 Å². The van der Waals surface area contributed by atoms with Crippen LogP contribution in [-0.2, 0) is 14.9 Å². The van der Waals surface area contributed by atoms with Gasteiger partial charge in [-0.25, -0.2) is 0 Å². The molecule has 4 heteroatoms. The number of ether oxygens (including phenoxy) is 2. The molecule has 4 nitrogen and oxygen atoms in total. The van der Waals surface area contributed by atoms with Gasteiger partial charge >= 0.3 is 0 Å². The predicted molar refractivity (Wildman–Crippen MR) is 60.5 cm³/mol. The molecular weight excluding hydrogens is 204 g/mol. The average molecular weight is 222 g/mol. The monoisotopic (exact) mass is 222 g/mol. The average Bonchev–Trinajstić information content (AvgIpc) is 2.78. The fourth-order valence-corrected chi connectivity index (χ4v) is 2.61. The number of H-pyrrole nitrogens is 1. The molecule has 88 valence electrons. The summed E-state index contributed by atoms with van der Waals surface area (Å²) >= 11 is 0. The van der Waals surface area contributed by atoms with E-state index in [0.717, 1.165) is 39.4 Å². The van der Waals surface area contributed by atoms with Gasteiger partial charge in [-0.15, -0.1) is 0 Å². The van der Waals surface area contributed by atoms with Crippen molar-refractivity contribution in [3.63, 3.8) is 0 Å². The summed E-state index contributed by atoms with van der Waals surface area (Å²) in [6, 6.07) is 4.67. The first kappa shape index (κ1) is 10.3. The first-order chi connectivity index (χ1) is 7.89. The van der Waals surface area contributed by atoms with Crippen molar-refractivity contribution in [1.29, 1.82) is 0 Å². The number of rotatable bonds is 3. The van der Waals surface area contributed by atoms with Gasteiger partial charge in [0.15, 0.2) is 0 Å². The highest BCUT2D eigenvalue weighted by atomic mass is 16.5. The van der Waals surface area contributed by atoms with E-state index in [0.29, 0.717) is 6.04 Å². The van der Waals surface area contributed by atoms with Crippen LogP contribution in [0.25, 0.3) is 0 Å². The molecule has 0 radical (unpaired) electrons. The van der Waals surface area contributed by atoms with E-state index >= 15 is 0 Å². The van der Waals surface area contributed by atoms with Gasteiger partial charge in [0.05, 0.1) is 31.8 Å². The van der Waals surface area contributed by atoms with E-state index in [1.54, 1.807) is 0 Å². The minimum Gasteiger partial charge on any atom is -0.379 e. The van der Waals surface area contributed by atoms with Crippen LogP contribution in [0.4, 0.5) is 0 Å². The molecule has 0 bridgehead atoms. The summed E-state index contributed by atoms with van der Waals surface area (Å²) < 4.78 is 10.9. The van der Waals surface area contributed by atoms with E-state index in [4.69, 9.17) is 9.47 Å². The zero-order valence-electron chi connectivity index (χ0n) is 9.37. The molecule has 1 aromatic heterocycles. The number of aromatic nitrogens is 1. The van der Waals surface area contributed by atoms with Crippen LogP contribution in [0.2, 0.25) is 0 Å². The standard InChI is InChI=1S/C12H18N2O2/c1-2-11(14-3-1)12(8-16-9-12)6-10-7-15-5-4-13-10/h1-3,10,13-14H,4-9H2. The van der Waals surface area contributed by atoms with Crippen molar-refractivity contribution in [3.8, 4) is 0 Å². The van der Waals surface area contributed by atoms with Crippen molar-refractivity contribution in [2.75, 3.05) is 33.0 Å². The van der Waals surface area contributed by atoms with Crippen LogP contribution in [0.5, 0.6) is 0 Å². The topological polar surface area (TPSA) is 46.3 Å². The van der Waals surface area contributed by atoms with E-state index in [1.165, 1.54) is 5.69 Å². The molecule has 0 aliphatic carbocycles. The molecule has 1 atom stereocenters. The Bertz CT molecular complexity index is 327. The van der Waals surface area contributed by atoms with Crippen LogP contribution >= 0.6 is 0 Å². The summed E-state index contributed by atoms with van der Waals surface area (Å²) in [4.78, 5) is 3.32. The first-order valence-electron chi connectivity index (χ1n) is 5.92.